The second-order valence-electron chi connectivity index (χ2n) is 4.30. The highest BCUT2D eigenvalue weighted by molar-refractivity contribution is 14.1. The van der Waals surface area contributed by atoms with Crippen LogP contribution in [0.2, 0.25) is 0 Å². The monoisotopic (exact) mass is 383 g/mol. The zero-order chi connectivity index (χ0) is 14.4. The molecule has 4 heteroatoms. The maximum absolute atomic E-state index is 5.93. The number of nitrogens with two attached hydrogens (primary N) is 1. The largest absolute Gasteiger partial charge is 0.490 e. The van der Waals surface area contributed by atoms with Crippen LogP contribution in [0, 0.1) is 3.57 Å². The Hall–Kier alpha value is -1.27. The predicted molar refractivity (Wildman–Crippen MR) is 89.0 cm³/mol. The highest BCUT2D eigenvalue weighted by atomic mass is 127. The molecule has 2 aromatic carbocycles. The van der Waals surface area contributed by atoms with Crippen LogP contribution in [0.1, 0.15) is 18.1 Å². The Bertz CT molecular complexity index is 555. The molecule has 0 spiro atoms. The fraction of sp³-hybridized carbons (Fsp3) is 0.250. The smallest absolute Gasteiger partial charge is 0.166 e. The summed E-state index contributed by atoms with van der Waals surface area (Å²) in [5.41, 5.74) is 7.85. The molecule has 2 rings (SSSR count). The summed E-state index contributed by atoms with van der Waals surface area (Å²) in [7, 11) is 0. The minimum Gasteiger partial charge on any atom is -0.490 e. The van der Waals surface area contributed by atoms with Crippen molar-refractivity contribution in [3.05, 3.63) is 57.2 Å². The summed E-state index contributed by atoms with van der Waals surface area (Å²) < 4.78 is 12.7. The minimum atomic E-state index is 0.433. The summed E-state index contributed by atoms with van der Waals surface area (Å²) in [6, 6.07) is 14.1. The molecule has 0 saturated heterocycles. The van der Waals surface area contributed by atoms with Crippen molar-refractivity contribution in [1.29, 1.82) is 0 Å². The molecule has 0 unspecified atom stereocenters. The molecular formula is C16H18INO2. The van der Waals surface area contributed by atoms with Gasteiger partial charge in [-0.25, -0.2) is 0 Å². The van der Waals surface area contributed by atoms with Gasteiger partial charge in [-0.05, 0) is 53.3 Å². The standard InChI is InChI=1S/C16H18INO2/c1-2-19-15-5-3-4-13(10-18)16(15)20-11-12-6-8-14(17)9-7-12/h3-9H,2,10-11,18H2,1H3. The lowest BCUT2D eigenvalue weighted by Crippen LogP contribution is -2.05. The Labute approximate surface area is 133 Å². The van der Waals surface area contributed by atoms with Gasteiger partial charge in [-0.3, -0.25) is 0 Å². The predicted octanol–water partition coefficient (Wildman–Crippen LogP) is 3.73. The fourth-order valence-electron chi connectivity index (χ4n) is 1.89. The van der Waals surface area contributed by atoms with Crippen LogP contribution in [0.5, 0.6) is 11.5 Å². The summed E-state index contributed by atoms with van der Waals surface area (Å²) in [4.78, 5) is 0. The van der Waals surface area contributed by atoms with Crippen LogP contribution in [0.4, 0.5) is 0 Å². The topological polar surface area (TPSA) is 44.5 Å². The molecule has 106 valence electrons. The van der Waals surface area contributed by atoms with Crippen molar-refractivity contribution >= 4 is 22.6 Å². The molecular weight excluding hydrogens is 365 g/mol. The summed E-state index contributed by atoms with van der Waals surface area (Å²) in [5.74, 6) is 1.50. The number of halogens is 1. The molecule has 0 amide bonds. The molecule has 0 aliphatic rings. The van der Waals surface area contributed by atoms with E-state index in [1.807, 2.05) is 25.1 Å². The molecule has 20 heavy (non-hydrogen) atoms. The third kappa shape index (κ3) is 3.86. The summed E-state index contributed by atoms with van der Waals surface area (Å²) in [6.07, 6.45) is 0. The van der Waals surface area contributed by atoms with E-state index >= 15 is 0 Å². The van der Waals surface area contributed by atoms with Crippen molar-refractivity contribution in [2.45, 2.75) is 20.1 Å². The molecule has 0 aliphatic heterocycles. The van der Waals surface area contributed by atoms with Gasteiger partial charge in [0, 0.05) is 15.7 Å². The average Bonchev–Trinajstić information content (AvgIpc) is 2.47. The maximum atomic E-state index is 5.93. The molecule has 0 fully saturated rings. The van der Waals surface area contributed by atoms with Crippen LogP contribution in [-0.2, 0) is 13.2 Å². The molecule has 2 N–H and O–H groups in total. The Morgan fingerprint density at radius 2 is 1.80 bits per heavy atom. The molecule has 2 aromatic rings. The van der Waals surface area contributed by atoms with Gasteiger partial charge in [0.05, 0.1) is 6.61 Å². The first-order valence-corrected chi connectivity index (χ1v) is 7.64. The number of hydrogen-bond acceptors (Lipinski definition) is 3. The van der Waals surface area contributed by atoms with Crippen molar-refractivity contribution in [2.24, 2.45) is 5.73 Å². The lowest BCUT2D eigenvalue weighted by Gasteiger charge is -2.15. The van der Waals surface area contributed by atoms with Gasteiger partial charge in [0.1, 0.15) is 6.61 Å². The molecule has 0 aromatic heterocycles. The van der Waals surface area contributed by atoms with Crippen molar-refractivity contribution in [1.82, 2.24) is 0 Å². The van der Waals surface area contributed by atoms with Gasteiger partial charge < -0.3 is 15.2 Å². The van der Waals surface area contributed by atoms with Crippen LogP contribution in [0.15, 0.2) is 42.5 Å². The van der Waals surface area contributed by atoms with Gasteiger partial charge >= 0.3 is 0 Å². The van der Waals surface area contributed by atoms with E-state index in [-0.39, 0.29) is 0 Å². The zero-order valence-electron chi connectivity index (χ0n) is 11.4. The third-order valence-corrected chi connectivity index (χ3v) is 3.60. The van der Waals surface area contributed by atoms with E-state index in [0.29, 0.717) is 19.8 Å². The lowest BCUT2D eigenvalue weighted by atomic mass is 10.2. The second-order valence-corrected chi connectivity index (χ2v) is 5.54. The van der Waals surface area contributed by atoms with E-state index in [2.05, 4.69) is 46.9 Å². The lowest BCUT2D eigenvalue weighted by molar-refractivity contribution is 0.266. The molecule has 0 atom stereocenters. The number of ether oxygens (including phenoxy) is 2. The fourth-order valence-corrected chi connectivity index (χ4v) is 2.25. The number of rotatable bonds is 6. The van der Waals surface area contributed by atoms with Crippen molar-refractivity contribution < 1.29 is 9.47 Å². The van der Waals surface area contributed by atoms with Crippen LogP contribution >= 0.6 is 22.6 Å². The van der Waals surface area contributed by atoms with Crippen LogP contribution in [0.3, 0.4) is 0 Å². The second kappa shape index (κ2) is 7.50. The molecule has 0 bridgehead atoms. The Morgan fingerprint density at radius 3 is 2.45 bits per heavy atom. The Balaban J connectivity index is 2.16. The first-order valence-electron chi connectivity index (χ1n) is 6.56. The van der Waals surface area contributed by atoms with E-state index in [1.54, 1.807) is 0 Å². The number of para-hydroxylation sites is 1. The quantitative estimate of drug-likeness (QED) is 0.774. The van der Waals surface area contributed by atoms with E-state index in [0.717, 1.165) is 22.6 Å². The van der Waals surface area contributed by atoms with Crippen LogP contribution in [0.25, 0.3) is 0 Å². The van der Waals surface area contributed by atoms with Crippen molar-refractivity contribution in [3.63, 3.8) is 0 Å². The van der Waals surface area contributed by atoms with E-state index in [4.69, 9.17) is 15.2 Å². The maximum Gasteiger partial charge on any atom is 0.166 e. The number of hydrogen-bond donors (Lipinski definition) is 1. The summed E-state index contributed by atoms with van der Waals surface area (Å²) in [6.45, 7) is 3.50. The molecule has 0 saturated carbocycles. The normalized spacial score (nSPS) is 10.3. The Kier molecular flexibility index (Phi) is 5.67. The highest BCUT2D eigenvalue weighted by Gasteiger charge is 2.10. The minimum absolute atomic E-state index is 0.433. The first kappa shape index (κ1) is 15.1. The molecule has 3 nitrogen and oxygen atoms in total. The molecule has 0 radical (unpaired) electrons. The highest BCUT2D eigenvalue weighted by Crippen LogP contribution is 2.31. The first-order chi connectivity index (χ1) is 9.74. The third-order valence-electron chi connectivity index (χ3n) is 2.88. The Morgan fingerprint density at radius 1 is 1.05 bits per heavy atom. The van der Waals surface area contributed by atoms with Gasteiger partial charge in [0.15, 0.2) is 11.5 Å². The van der Waals surface area contributed by atoms with Gasteiger partial charge in [0.2, 0.25) is 0 Å². The summed E-state index contributed by atoms with van der Waals surface area (Å²) >= 11 is 2.29. The van der Waals surface area contributed by atoms with E-state index < -0.39 is 0 Å². The van der Waals surface area contributed by atoms with Gasteiger partial charge in [0.25, 0.3) is 0 Å². The van der Waals surface area contributed by atoms with Crippen LogP contribution in [-0.4, -0.2) is 6.61 Å². The van der Waals surface area contributed by atoms with E-state index in [1.165, 1.54) is 3.57 Å². The van der Waals surface area contributed by atoms with Crippen LogP contribution < -0.4 is 15.2 Å². The van der Waals surface area contributed by atoms with Gasteiger partial charge in [-0.1, -0.05) is 24.3 Å². The SMILES string of the molecule is CCOc1cccc(CN)c1OCc1ccc(I)cc1. The number of benzene rings is 2. The molecule has 0 aliphatic carbocycles. The molecule has 0 heterocycles. The average molecular weight is 383 g/mol. The van der Waals surface area contributed by atoms with Crippen molar-refractivity contribution in [2.75, 3.05) is 6.61 Å². The van der Waals surface area contributed by atoms with Crippen molar-refractivity contribution in [3.8, 4) is 11.5 Å². The van der Waals surface area contributed by atoms with Gasteiger partial charge in [-0.15, -0.1) is 0 Å². The van der Waals surface area contributed by atoms with E-state index in [9.17, 15) is 0 Å². The van der Waals surface area contributed by atoms with Gasteiger partial charge in [-0.2, -0.15) is 0 Å². The zero-order valence-corrected chi connectivity index (χ0v) is 13.6. The summed E-state index contributed by atoms with van der Waals surface area (Å²) in [5, 5.41) is 0.